The summed E-state index contributed by atoms with van der Waals surface area (Å²) in [5.41, 5.74) is 1.47. The van der Waals surface area contributed by atoms with Crippen LogP contribution in [0.15, 0.2) is 52.2 Å². The van der Waals surface area contributed by atoms with Gasteiger partial charge in [-0.3, -0.25) is 4.79 Å². The monoisotopic (exact) mass is 410 g/mol. The Hall–Kier alpha value is -3.46. The summed E-state index contributed by atoms with van der Waals surface area (Å²) in [6.45, 7) is 4.97. The normalized spacial score (nSPS) is 16.5. The molecule has 1 fully saturated rings. The summed E-state index contributed by atoms with van der Waals surface area (Å²) in [5.74, 6) is 0.860. The highest BCUT2D eigenvalue weighted by Crippen LogP contribution is 2.18. The summed E-state index contributed by atoms with van der Waals surface area (Å²) in [4.78, 5) is 30.1. The van der Waals surface area contributed by atoms with E-state index in [1.807, 2.05) is 24.3 Å². The molecule has 1 aromatic carbocycles. The van der Waals surface area contributed by atoms with Gasteiger partial charge >= 0.3 is 5.63 Å². The van der Waals surface area contributed by atoms with Crippen molar-refractivity contribution in [1.82, 2.24) is 19.7 Å². The molecule has 30 heavy (non-hydrogen) atoms. The van der Waals surface area contributed by atoms with Crippen molar-refractivity contribution < 1.29 is 18.7 Å². The molecule has 2 aromatic heterocycles. The van der Waals surface area contributed by atoms with Gasteiger partial charge in [-0.2, -0.15) is 5.10 Å². The van der Waals surface area contributed by atoms with Crippen molar-refractivity contribution in [2.24, 2.45) is 0 Å². The van der Waals surface area contributed by atoms with Gasteiger partial charge in [0.05, 0.1) is 24.4 Å². The Morgan fingerprint density at radius 2 is 2.07 bits per heavy atom. The van der Waals surface area contributed by atoms with Crippen LogP contribution in [0.25, 0.3) is 5.69 Å². The van der Waals surface area contributed by atoms with E-state index in [0.717, 1.165) is 5.69 Å². The Bertz CT molecular complexity index is 1050. The van der Waals surface area contributed by atoms with Gasteiger partial charge in [0.25, 0.3) is 5.91 Å². The van der Waals surface area contributed by atoms with Gasteiger partial charge in [-0.15, -0.1) is 0 Å². The van der Waals surface area contributed by atoms with Gasteiger partial charge in [-0.05, 0) is 43.7 Å². The van der Waals surface area contributed by atoms with Gasteiger partial charge < -0.3 is 18.8 Å². The number of aryl methyl sites for hydroxylation is 2. The molecule has 1 aliphatic heterocycles. The Balaban J connectivity index is 1.37. The summed E-state index contributed by atoms with van der Waals surface area (Å²) in [6.07, 6.45) is 2.84. The smallest absolute Gasteiger partial charge is 0.336 e. The third kappa shape index (κ3) is 4.25. The van der Waals surface area contributed by atoms with Gasteiger partial charge in [-0.1, -0.05) is 0 Å². The predicted octanol–water partition coefficient (Wildman–Crippen LogP) is 1.76. The molecule has 9 heteroatoms. The van der Waals surface area contributed by atoms with Crippen LogP contribution >= 0.6 is 0 Å². The van der Waals surface area contributed by atoms with E-state index in [1.165, 1.54) is 12.4 Å². The second-order valence-corrected chi connectivity index (χ2v) is 7.07. The molecule has 1 unspecified atom stereocenters. The molecule has 9 nitrogen and oxygen atoms in total. The molecule has 156 valence electrons. The molecule has 1 aliphatic rings. The van der Waals surface area contributed by atoms with Gasteiger partial charge in [0.1, 0.15) is 36.9 Å². The van der Waals surface area contributed by atoms with E-state index < -0.39 is 5.63 Å². The van der Waals surface area contributed by atoms with Gasteiger partial charge in [-0.25, -0.2) is 14.5 Å². The Morgan fingerprint density at radius 1 is 1.27 bits per heavy atom. The average Bonchev–Trinajstić information content (AvgIpc) is 3.27. The highest BCUT2D eigenvalue weighted by Gasteiger charge is 2.28. The number of hydrogen-bond donors (Lipinski definition) is 0. The van der Waals surface area contributed by atoms with E-state index in [2.05, 4.69) is 10.1 Å². The van der Waals surface area contributed by atoms with Crippen LogP contribution in [0.5, 0.6) is 5.75 Å². The van der Waals surface area contributed by atoms with Crippen LogP contribution in [0, 0.1) is 13.8 Å². The minimum atomic E-state index is -0.454. The van der Waals surface area contributed by atoms with E-state index in [9.17, 15) is 9.59 Å². The minimum absolute atomic E-state index is 0.167. The van der Waals surface area contributed by atoms with Crippen molar-refractivity contribution in [3.63, 3.8) is 0 Å². The van der Waals surface area contributed by atoms with Crippen molar-refractivity contribution >= 4 is 5.91 Å². The van der Waals surface area contributed by atoms with E-state index in [0.29, 0.717) is 48.9 Å². The van der Waals surface area contributed by atoms with Crippen LogP contribution in [-0.2, 0) is 4.74 Å². The Morgan fingerprint density at radius 3 is 2.77 bits per heavy atom. The largest absolute Gasteiger partial charge is 0.491 e. The summed E-state index contributed by atoms with van der Waals surface area (Å²) >= 11 is 0. The summed E-state index contributed by atoms with van der Waals surface area (Å²) < 4.78 is 18.4. The molecule has 0 bridgehead atoms. The number of benzene rings is 1. The first kappa shape index (κ1) is 19.8. The SMILES string of the molecule is Cc1cc(=O)oc(C)c1C(=O)N1CCOC(COc2ccc(-n3cncn3)cc2)C1. The van der Waals surface area contributed by atoms with Crippen molar-refractivity contribution in [3.05, 3.63) is 70.3 Å². The zero-order valence-electron chi connectivity index (χ0n) is 16.8. The van der Waals surface area contributed by atoms with Crippen molar-refractivity contribution in [2.45, 2.75) is 20.0 Å². The molecule has 1 saturated heterocycles. The van der Waals surface area contributed by atoms with Crippen LogP contribution in [-0.4, -0.2) is 58.0 Å². The molecular formula is C21H22N4O5. The first-order chi connectivity index (χ1) is 14.5. The molecule has 3 aromatic rings. The fraction of sp³-hybridized carbons (Fsp3) is 0.333. The molecule has 1 amide bonds. The Labute approximate surface area is 172 Å². The molecular weight excluding hydrogens is 388 g/mol. The lowest BCUT2D eigenvalue weighted by atomic mass is 10.1. The Kier molecular flexibility index (Phi) is 5.62. The number of carbonyl (C=O) groups excluding carboxylic acids is 1. The number of carbonyl (C=O) groups is 1. The van der Waals surface area contributed by atoms with Gasteiger partial charge in [0.2, 0.25) is 0 Å². The fourth-order valence-electron chi connectivity index (χ4n) is 3.47. The maximum atomic E-state index is 13.0. The third-order valence-electron chi connectivity index (χ3n) is 4.93. The zero-order chi connectivity index (χ0) is 21.1. The summed E-state index contributed by atoms with van der Waals surface area (Å²) in [7, 11) is 0. The summed E-state index contributed by atoms with van der Waals surface area (Å²) in [5, 5.41) is 4.09. The number of amides is 1. The van der Waals surface area contributed by atoms with E-state index >= 15 is 0 Å². The molecule has 3 heterocycles. The van der Waals surface area contributed by atoms with E-state index in [-0.39, 0.29) is 12.0 Å². The van der Waals surface area contributed by atoms with Crippen molar-refractivity contribution in [1.29, 1.82) is 0 Å². The van der Waals surface area contributed by atoms with Crippen LogP contribution in [0.3, 0.4) is 0 Å². The molecule has 0 saturated carbocycles. The first-order valence-corrected chi connectivity index (χ1v) is 9.61. The second-order valence-electron chi connectivity index (χ2n) is 7.07. The second kappa shape index (κ2) is 8.50. The van der Waals surface area contributed by atoms with Crippen molar-refractivity contribution in [3.8, 4) is 11.4 Å². The molecule has 1 atom stereocenters. The number of ether oxygens (including phenoxy) is 2. The number of aromatic nitrogens is 3. The van der Waals surface area contributed by atoms with Gasteiger partial charge in [0.15, 0.2) is 0 Å². The first-order valence-electron chi connectivity index (χ1n) is 9.61. The lowest BCUT2D eigenvalue weighted by Crippen LogP contribution is -2.48. The molecule has 0 aliphatic carbocycles. The van der Waals surface area contributed by atoms with Crippen LogP contribution in [0.1, 0.15) is 21.7 Å². The van der Waals surface area contributed by atoms with Crippen LogP contribution in [0.4, 0.5) is 0 Å². The quantitative estimate of drug-likeness (QED) is 0.632. The lowest BCUT2D eigenvalue weighted by molar-refractivity contribution is -0.0402. The molecule has 0 spiro atoms. The highest BCUT2D eigenvalue weighted by atomic mass is 16.5. The van der Waals surface area contributed by atoms with Gasteiger partial charge in [0, 0.05) is 12.6 Å². The lowest BCUT2D eigenvalue weighted by Gasteiger charge is -2.33. The minimum Gasteiger partial charge on any atom is -0.491 e. The number of nitrogens with zero attached hydrogens (tertiary/aromatic N) is 4. The standard InChI is InChI=1S/C21H22N4O5/c1-14-9-19(26)30-15(2)20(14)21(27)24-7-8-28-18(10-24)11-29-17-5-3-16(4-6-17)25-13-22-12-23-25/h3-6,9,12-13,18H,7-8,10-11H2,1-2H3. The molecule has 0 radical (unpaired) electrons. The van der Waals surface area contributed by atoms with Crippen LogP contribution in [0.2, 0.25) is 0 Å². The maximum Gasteiger partial charge on any atom is 0.336 e. The number of morpholine rings is 1. The van der Waals surface area contributed by atoms with Crippen molar-refractivity contribution in [2.75, 3.05) is 26.3 Å². The number of hydrogen-bond acceptors (Lipinski definition) is 7. The van der Waals surface area contributed by atoms with Crippen LogP contribution < -0.4 is 10.4 Å². The predicted molar refractivity (Wildman–Crippen MR) is 107 cm³/mol. The van der Waals surface area contributed by atoms with E-state index in [1.54, 1.807) is 29.8 Å². The summed E-state index contributed by atoms with van der Waals surface area (Å²) in [6, 6.07) is 8.81. The third-order valence-corrected chi connectivity index (χ3v) is 4.93. The average molecular weight is 410 g/mol. The molecule has 4 rings (SSSR count). The topological polar surface area (TPSA) is 99.7 Å². The number of rotatable bonds is 5. The maximum absolute atomic E-state index is 13.0. The fourth-order valence-corrected chi connectivity index (χ4v) is 3.47. The highest BCUT2D eigenvalue weighted by molar-refractivity contribution is 5.96. The molecule has 0 N–H and O–H groups in total. The zero-order valence-corrected chi connectivity index (χ0v) is 16.8. The van der Waals surface area contributed by atoms with E-state index in [4.69, 9.17) is 13.9 Å².